The largest absolute Gasteiger partial charge is 0.381 e. The Morgan fingerprint density at radius 3 is 2.48 bits per heavy atom. The van der Waals surface area contributed by atoms with Gasteiger partial charge in [-0.15, -0.1) is 0 Å². The molecule has 0 aromatic rings. The van der Waals surface area contributed by atoms with Crippen molar-refractivity contribution in [2.75, 3.05) is 39.9 Å². The number of carbonyl (C=O) groups excluding carboxylic acids is 2. The molecule has 6 heteroatoms. The summed E-state index contributed by atoms with van der Waals surface area (Å²) in [7, 11) is 1.72. The van der Waals surface area contributed by atoms with E-state index in [1.807, 2.05) is 11.8 Å². The van der Waals surface area contributed by atoms with Crippen molar-refractivity contribution >= 4 is 11.8 Å². The summed E-state index contributed by atoms with van der Waals surface area (Å²) in [5.74, 6) is 0.0727. The third-order valence-electron chi connectivity index (χ3n) is 3.84. The first kappa shape index (κ1) is 17.9. The third kappa shape index (κ3) is 5.63. The maximum absolute atomic E-state index is 12.8. The van der Waals surface area contributed by atoms with Gasteiger partial charge in [0.15, 0.2) is 0 Å². The molecule has 1 atom stereocenters. The Hall–Kier alpha value is -1.14. The molecule has 0 spiro atoms. The van der Waals surface area contributed by atoms with Gasteiger partial charge >= 0.3 is 0 Å². The van der Waals surface area contributed by atoms with Crippen LogP contribution in [0, 0.1) is 5.92 Å². The van der Waals surface area contributed by atoms with Crippen molar-refractivity contribution in [2.45, 2.75) is 39.2 Å². The quantitative estimate of drug-likeness (QED) is 0.679. The molecular weight excluding hydrogens is 270 g/mol. The topological polar surface area (TPSA) is 70.7 Å². The van der Waals surface area contributed by atoms with E-state index in [1.54, 1.807) is 7.05 Å². The first-order valence-corrected chi connectivity index (χ1v) is 7.94. The van der Waals surface area contributed by atoms with Gasteiger partial charge in [-0.05, 0) is 39.2 Å². The molecule has 0 aromatic heterocycles. The number of hydrogen-bond donors (Lipinski definition) is 2. The average molecular weight is 299 g/mol. The van der Waals surface area contributed by atoms with Gasteiger partial charge in [-0.1, -0.05) is 6.92 Å². The summed E-state index contributed by atoms with van der Waals surface area (Å²) in [5, 5.41) is 5.73. The lowest BCUT2D eigenvalue weighted by molar-refractivity contribution is -0.138. The van der Waals surface area contributed by atoms with Crippen LogP contribution in [-0.2, 0) is 14.3 Å². The van der Waals surface area contributed by atoms with Gasteiger partial charge in [0.05, 0.1) is 6.54 Å². The Morgan fingerprint density at radius 1 is 1.29 bits per heavy atom. The van der Waals surface area contributed by atoms with Gasteiger partial charge in [0.25, 0.3) is 0 Å². The number of carbonyl (C=O) groups is 2. The molecular formula is C15H29N3O3. The predicted octanol–water partition coefficient (Wildman–Crippen LogP) is 0.376. The van der Waals surface area contributed by atoms with Crippen molar-refractivity contribution in [3.8, 4) is 0 Å². The van der Waals surface area contributed by atoms with Crippen molar-refractivity contribution in [2.24, 2.45) is 5.92 Å². The molecule has 2 N–H and O–H groups in total. The van der Waals surface area contributed by atoms with Crippen LogP contribution in [0.5, 0.6) is 0 Å². The highest BCUT2D eigenvalue weighted by atomic mass is 16.5. The molecule has 0 saturated carbocycles. The van der Waals surface area contributed by atoms with Crippen LogP contribution in [0.25, 0.3) is 0 Å². The standard InChI is InChI=1S/C15H29N3O3/c1-4-8-18(5-2)15(20)14(17-13(19)11-16-3)12-6-9-21-10-7-12/h12,14,16H,4-11H2,1-3H3,(H,17,19). The van der Waals surface area contributed by atoms with E-state index in [1.165, 1.54) is 0 Å². The molecule has 1 unspecified atom stereocenters. The molecule has 21 heavy (non-hydrogen) atoms. The number of ether oxygens (including phenoxy) is 1. The van der Waals surface area contributed by atoms with Crippen LogP contribution in [0.3, 0.4) is 0 Å². The minimum atomic E-state index is -0.429. The number of nitrogens with zero attached hydrogens (tertiary/aromatic N) is 1. The predicted molar refractivity (Wildman–Crippen MR) is 81.9 cm³/mol. The van der Waals surface area contributed by atoms with Gasteiger partial charge in [-0.25, -0.2) is 0 Å². The van der Waals surface area contributed by atoms with Gasteiger partial charge in [-0.3, -0.25) is 9.59 Å². The van der Waals surface area contributed by atoms with Gasteiger partial charge in [0.2, 0.25) is 11.8 Å². The molecule has 1 saturated heterocycles. The lowest BCUT2D eigenvalue weighted by Crippen LogP contribution is -2.54. The van der Waals surface area contributed by atoms with Gasteiger partial charge in [0.1, 0.15) is 6.04 Å². The molecule has 0 radical (unpaired) electrons. The van der Waals surface area contributed by atoms with Crippen LogP contribution in [0.4, 0.5) is 0 Å². The zero-order valence-corrected chi connectivity index (χ0v) is 13.5. The Labute approximate surface area is 127 Å². The maximum atomic E-state index is 12.8. The number of amides is 2. The van der Waals surface area contributed by atoms with Crippen LogP contribution in [-0.4, -0.2) is 62.7 Å². The van der Waals surface area contributed by atoms with E-state index < -0.39 is 6.04 Å². The van der Waals surface area contributed by atoms with Crippen molar-refractivity contribution in [3.63, 3.8) is 0 Å². The molecule has 0 aromatic carbocycles. The fourth-order valence-electron chi connectivity index (χ4n) is 2.71. The molecule has 1 heterocycles. The van der Waals surface area contributed by atoms with Gasteiger partial charge in [-0.2, -0.15) is 0 Å². The minimum Gasteiger partial charge on any atom is -0.381 e. The zero-order chi connectivity index (χ0) is 15.7. The second-order valence-electron chi connectivity index (χ2n) is 5.44. The molecule has 1 rings (SSSR count). The van der Waals surface area contributed by atoms with E-state index in [2.05, 4.69) is 17.6 Å². The SMILES string of the molecule is CCCN(CC)C(=O)C(NC(=O)CNC)C1CCOCC1. The molecule has 1 fully saturated rings. The molecule has 122 valence electrons. The van der Waals surface area contributed by atoms with Crippen molar-refractivity contribution in [1.29, 1.82) is 0 Å². The summed E-state index contributed by atoms with van der Waals surface area (Å²) in [5.41, 5.74) is 0. The fourth-order valence-corrected chi connectivity index (χ4v) is 2.71. The second-order valence-corrected chi connectivity index (χ2v) is 5.44. The van der Waals surface area contributed by atoms with Crippen LogP contribution >= 0.6 is 0 Å². The highest BCUT2D eigenvalue weighted by molar-refractivity contribution is 5.88. The van der Waals surface area contributed by atoms with E-state index in [0.29, 0.717) is 19.8 Å². The summed E-state index contributed by atoms with van der Waals surface area (Å²) >= 11 is 0. The van der Waals surface area contributed by atoms with E-state index in [0.717, 1.165) is 25.8 Å². The van der Waals surface area contributed by atoms with Crippen molar-refractivity contribution < 1.29 is 14.3 Å². The van der Waals surface area contributed by atoms with Crippen molar-refractivity contribution in [1.82, 2.24) is 15.5 Å². The Kier molecular flexibility index (Phi) is 8.30. The highest BCUT2D eigenvalue weighted by Crippen LogP contribution is 2.20. The van der Waals surface area contributed by atoms with E-state index >= 15 is 0 Å². The zero-order valence-electron chi connectivity index (χ0n) is 13.5. The van der Waals surface area contributed by atoms with Crippen LogP contribution in [0.1, 0.15) is 33.1 Å². The lowest BCUT2D eigenvalue weighted by Gasteiger charge is -2.33. The maximum Gasteiger partial charge on any atom is 0.245 e. The number of hydrogen-bond acceptors (Lipinski definition) is 4. The Bertz CT molecular complexity index is 330. The first-order chi connectivity index (χ1) is 10.1. The van der Waals surface area contributed by atoms with Gasteiger partial charge < -0.3 is 20.3 Å². The highest BCUT2D eigenvalue weighted by Gasteiger charge is 2.33. The number of rotatable bonds is 8. The van der Waals surface area contributed by atoms with E-state index in [4.69, 9.17) is 4.74 Å². The number of likely N-dealkylation sites (N-methyl/N-ethyl adjacent to an activating group) is 2. The molecule has 0 bridgehead atoms. The summed E-state index contributed by atoms with van der Waals surface area (Å²) in [4.78, 5) is 26.5. The fraction of sp³-hybridized carbons (Fsp3) is 0.867. The monoisotopic (exact) mass is 299 g/mol. The molecule has 1 aliphatic heterocycles. The molecule has 0 aliphatic carbocycles. The second kappa shape index (κ2) is 9.73. The summed E-state index contributed by atoms with van der Waals surface area (Å²) < 4.78 is 5.37. The van der Waals surface area contributed by atoms with E-state index in [-0.39, 0.29) is 24.3 Å². The van der Waals surface area contributed by atoms with Crippen LogP contribution < -0.4 is 10.6 Å². The normalized spacial score (nSPS) is 17.3. The summed E-state index contributed by atoms with van der Waals surface area (Å²) in [6.07, 6.45) is 2.56. The smallest absolute Gasteiger partial charge is 0.245 e. The first-order valence-electron chi connectivity index (χ1n) is 7.94. The minimum absolute atomic E-state index is 0.0377. The lowest BCUT2D eigenvalue weighted by atomic mass is 9.90. The molecule has 2 amide bonds. The Morgan fingerprint density at radius 2 is 1.95 bits per heavy atom. The van der Waals surface area contributed by atoms with Gasteiger partial charge in [0, 0.05) is 26.3 Å². The Balaban J connectivity index is 2.77. The van der Waals surface area contributed by atoms with Crippen molar-refractivity contribution in [3.05, 3.63) is 0 Å². The number of nitrogens with one attached hydrogen (secondary N) is 2. The van der Waals surface area contributed by atoms with Crippen LogP contribution in [0.2, 0.25) is 0 Å². The van der Waals surface area contributed by atoms with E-state index in [9.17, 15) is 9.59 Å². The average Bonchev–Trinajstić information content (AvgIpc) is 2.51. The summed E-state index contributed by atoms with van der Waals surface area (Å²) in [6, 6.07) is -0.429. The summed E-state index contributed by atoms with van der Waals surface area (Å²) in [6.45, 7) is 6.99. The van der Waals surface area contributed by atoms with Crippen LogP contribution in [0.15, 0.2) is 0 Å². The third-order valence-corrected chi connectivity index (χ3v) is 3.84. The molecule has 6 nitrogen and oxygen atoms in total. The molecule has 1 aliphatic rings.